The van der Waals surface area contributed by atoms with E-state index < -0.39 is 0 Å². The molecule has 4 aromatic rings. The van der Waals surface area contributed by atoms with Crippen LogP contribution >= 0.6 is 23.4 Å². The number of carbonyl (C=O) groups is 1. The van der Waals surface area contributed by atoms with E-state index in [1.54, 1.807) is 12.1 Å². The van der Waals surface area contributed by atoms with Crippen molar-refractivity contribution in [2.75, 3.05) is 11.1 Å². The van der Waals surface area contributed by atoms with Crippen molar-refractivity contribution in [3.8, 4) is 5.69 Å². The van der Waals surface area contributed by atoms with Crippen molar-refractivity contribution in [1.29, 1.82) is 0 Å². The van der Waals surface area contributed by atoms with Crippen molar-refractivity contribution in [2.45, 2.75) is 11.6 Å². The topological polar surface area (TPSA) is 59.8 Å². The SMILES string of the molecule is O=C(CSc1nnc(Cc2ccccc2)n1-c1ccc(Cl)cc1)Nc1ccc(F)cc1. The molecule has 0 saturated heterocycles. The van der Waals surface area contributed by atoms with Crippen molar-refractivity contribution in [3.05, 3.63) is 101 Å². The quantitative estimate of drug-likeness (QED) is 0.382. The number of aromatic nitrogens is 3. The number of hydrogen-bond acceptors (Lipinski definition) is 4. The molecule has 0 saturated carbocycles. The zero-order valence-corrected chi connectivity index (χ0v) is 17.9. The Balaban J connectivity index is 1.54. The first-order chi connectivity index (χ1) is 15.1. The molecule has 0 spiro atoms. The normalized spacial score (nSPS) is 10.8. The third-order valence-corrected chi connectivity index (χ3v) is 5.63. The Kier molecular flexibility index (Phi) is 6.64. The number of benzene rings is 3. The van der Waals surface area contributed by atoms with E-state index >= 15 is 0 Å². The van der Waals surface area contributed by atoms with Gasteiger partial charge in [-0.1, -0.05) is 53.7 Å². The van der Waals surface area contributed by atoms with Crippen LogP contribution in [0.15, 0.2) is 84.0 Å². The number of halogens is 2. The van der Waals surface area contributed by atoms with Gasteiger partial charge in [0.15, 0.2) is 5.16 Å². The highest BCUT2D eigenvalue weighted by Gasteiger charge is 2.16. The van der Waals surface area contributed by atoms with Crippen molar-refractivity contribution in [3.63, 3.8) is 0 Å². The first-order valence-electron chi connectivity index (χ1n) is 9.51. The lowest BCUT2D eigenvalue weighted by Crippen LogP contribution is -2.14. The summed E-state index contributed by atoms with van der Waals surface area (Å²) in [6, 6.07) is 23.0. The molecule has 3 aromatic carbocycles. The van der Waals surface area contributed by atoms with Crippen LogP contribution in [0.2, 0.25) is 5.02 Å². The molecule has 0 radical (unpaired) electrons. The van der Waals surface area contributed by atoms with Gasteiger partial charge < -0.3 is 5.32 Å². The highest BCUT2D eigenvalue weighted by molar-refractivity contribution is 7.99. The van der Waals surface area contributed by atoms with Gasteiger partial charge in [0.2, 0.25) is 5.91 Å². The Morgan fingerprint density at radius 3 is 2.39 bits per heavy atom. The summed E-state index contributed by atoms with van der Waals surface area (Å²) in [7, 11) is 0. The second-order valence-electron chi connectivity index (χ2n) is 6.72. The summed E-state index contributed by atoms with van der Waals surface area (Å²) in [4.78, 5) is 12.4. The Hall–Kier alpha value is -3.16. The summed E-state index contributed by atoms with van der Waals surface area (Å²) in [5, 5.41) is 12.7. The number of hydrogen-bond donors (Lipinski definition) is 1. The number of nitrogens with zero attached hydrogens (tertiary/aromatic N) is 3. The van der Waals surface area contributed by atoms with Crippen LogP contribution in [-0.4, -0.2) is 26.4 Å². The molecular formula is C23H18ClFN4OS. The monoisotopic (exact) mass is 452 g/mol. The second kappa shape index (κ2) is 9.76. The standard InChI is InChI=1S/C23H18ClFN4OS/c24-17-6-12-20(13-7-17)29-21(14-16-4-2-1-3-5-16)27-28-23(29)31-15-22(30)26-19-10-8-18(25)9-11-19/h1-13H,14-15H2,(H,26,30). The van der Waals surface area contributed by atoms with Crippen molar-refractivity contribution >= 4 is 35.0 Å². The first kappa shape index (κ1) is 21.1. The minimum atomic E-state index is -0.352. The van der Waals surface area contributed by atoms with Gasteiger partial charge in [-0.05, 0) is 54.1 Å². The van der Waals surface area contributed by atoms with E-state index in [9.17, 15) is 9.18 Å². The summed E-state index contributed by atoms with van der Waals surface area (Å²) in [6.07, 6.45) is 0.596. The number of rotatable bonds is 7. The molecule has 5 nitrogen and oxygen atoms in total. The van der Waals surface area contributed by atoms with E-state index in [-0.39, 0.29) is 17.5 Å². The molecule has 0 unspecified atom stereocenters. The van der Waals surface area contributed by atoms with E-state index in [4.69, 9.17) is 11.6 Å². The summed E-state index contributed by atoms with van der Waals surface area (Å²) < 4.78 is 15.0. The van der Waals surface area contributed by atoms with Gasteiger partial charge in [-0.3, -0.25) is 9.36 Å². The maximum Gasteiger partial charge on any atom is 0.234 e. The molecule has 0 aliphatic rings. The number of thioether (sulfide) groups is 1. The molecule has 1 amide bonds. The van der Waals surface area contributed by atoms with Gasteiger partial charge in [0.05, 0.1) is 5.75 Å². The third kappa shape index (κ3) is 5.51. The van der Waals surface area contributed by atoms with E-state index in [1.807, 2.05) is 47.0 Å². The van der Waals surface area contributed by atoms with Crippen molar-refractivity contribution < 1.29 is 9.18 Å². The smallest absolute Gasteiger partial charge is 0.234 e. The number of carbonyl (C=O) groups excluding carboxylic acids is 1. The minimum Gasteiger partial charge on any atom is -0.325 e. The second-order valence-corrected chi connectivity index (χ2v) is 8.10. The molecule has 0 atom stereocenters. The maximum atomic E-state index is 13.0. The Morgan fingerprint density at radius 2 is 1.68 bits per heavy atom. The van der Waals surface area contributed by atoms with E-state index in [2.05, 4.69) is 15.5 Å². The van der Waals surface area contributed by atoms with E-state index in [0.717, 1.165) is 17.1 Å². The highest BCUT2D eigenvalue weighted by Crippen LogP contribution is 2.25. The summed E-state index contributed by atoms with van der Waals surface area (Å²) in [5.74, 6) is 0.324. The molecular weight excluding hydrogens is 435 g/mol. The van der Waals surface area contributed by atoms with Crippen LogP contribution in [-0.2, 0) is 11.2 Å². The van der Waals surface area contributed by atoms with Gasteiger partial charge in [-0.15, -0.1) is 10.2 Å². The molecule has 0 fully saturated rings. The molecule has 1 N–H and O–H groups in total. The predicted octanol–water partition coefficient (Wildman–Crippen LogP) is 5.38. The van der Waals surface area contributed by atoms with Crippen LogP contribution in [0.1, 0.15) is 11.4 Å². The molecule has 8 heteroatoms. The lowest BCUT2D eigenvalue weighted by atomic mass is 10.1. The third-order valence-electron chi connectivity index (χ3n) is 4.45. The van der Waals surface area contributed by atoms with Crippen LogP contribution in [0.25, 0.3) is 5.69 Å². The Labute approximate surface area is 188 Å². The zero-order chi connectivity index (χ0) is 21.6. The summed E-state index contributed by atoms with van der Waals surface area (Å²) in [6.45, 7) is 0. The van der Waals surface area contributed by atoms with Crippen LogP contribution in [0.4, 0.5) is 10.1 Å². The van der Waals surface area contributed by atoms with Gasteiger partial charge in [0.25, 0.3) is 0 Å². The molecule has 0 aliphatic heterocycles. The molecule has 4 rings (SSSR count). The first-order valence-corrected chi connectivity index (χ1v) is 10.9. The molecule has 1 aromatic heterocycles. The van der Waals surface area contributed by atoms with Gasteiger partial charge in [-0.2, -0.15) is 0 Å². The van der Waals surface area contributed by atoms with Gasteiger partial charge in [0.1, 0.15) is 11.6 Å². The summed E-state index contributed by atoms with van der Waals surface area (Å²) >= 11 is 7.33. The summed E-state index contributed by atoms with van der Waals surface area (Å²) in [5.41, 5.74) is 2.51. The van der Waals surface area contributed by atoms with Crippen LogP contribution in [0.3, 0.4) is 0 Å². The van der Waals surface area contributed by atoms with Crippen molar-refractivity contribution in [1.82, 2.24) is 14.8 Å². The average Bonchev–Trinajstić information content (AvgIpc) is 3.17. The zero-order valence-electron chi connectivity index (χ0n) is 16.3. The van der Waals surface area contributed by atoms with Gasteiger partial charge in [-0.25, -0.2) is 4.39 Å². The predicted molar refractivity (Wildman–Crippen MR) is 121 cm³/mol. The lowest BCUT2D eigenvalue weighted by molar-refractivity contribution is -0.113. The Bertz CT molecular complexity index is 1160. The number of nitrogens with one attached hydrogen (secondary N) is 1. The fourth-order valence-electron chi connectivity index (χ4n) is 3.00. The largest absolute Gasteiger partial charge is 0.325 e. The average molecular weight is 453 g/mol. The highest BCUT2D eigenvalue weighted by atomic mass is 35.5. The lowest BCUT2D eigenvalue weighted by Gasteiger charge is -2.11. The minimum absolute atomic E-state index is 0.133. The molecule has 156 valence electrons. The van der Waals surface area contributed by atoms with Crippen LogP contribution < -0.4 is 5.32 Å². The van der Waals surface area contributed by atoms with E-state index in [0.29, 0.717) is 22.3 Å². The molecule has 0 aliphatic carbocycles. The Morgan fingerprint density at radius 1 is 0.968 bits per heavy atom. The number of anilines is 1. The molecule has 31 heavy (non-hydrogen) atoms. The van der Waals surface area contributed by atoms with Gasteiger partial charge >= 0.3 is 0 Å². The fraction of sp³-hybridized carbons (Fsp3) is 0.0870. The number of amides is 1. The van der Waals surface area contributed by atoms with E-state index in [1.165, 1.54) is 36.0 Å². The van der Waals surface area contributed by atoms with Gasteiger partial charge in [0, 0.05) is 22.8 Å². The van der Waals surface area contributed by atoms with Crippen molar-refractivity contribution in [2.24, 2.45) is 0 Å². The van der Waals surface area contributed by atoms with Crippen LogP contribution in [0, 0.1) is 5.82 Å². The molecule has 0 bridgehead atoms. The maximum absolute atomic E-state index is 13.0. The van der Waals surface area contributed by atoms with Crippen LogP contribution in [0.5, 0.6) is 0 Å². The fourth-order valence-corrected chi connectivity index (χ4v) is 3.89. The molecule has 1 heterocycles.